The topological polar surface area (TPSA) is 80.4 Å². The number of carboxylic acid groups (broad SMARTS) is 1. The Morgan fingerprint density at radius 1 is 1.50 bits per heavy atom. The zero-order valence-electron chi connectivity index (χ0n) is 8.35. The van der Waals surface area contributed by atoms with E-state index < -0.39 is 22.4 Å². The summed E-state index contributed by atoms with van der Waals surface area (Å²) in [5.74, 6) is -1.81. The first kappa shape index (κ1) is 12.1. The van der Waals surface area contributed by atoms with E-state index in [1.807, 2.05) is 0 Å². The molecule has 0 aliphatic carbocycles. The average molecular weight is 227 g/mol. The molecule has 0 saturated heterocycles. The molecule has 0 aliphatic rings. The summed E-state index contributed by atoms with van der Waals surface area (Å²) in [6.45, 7) is 0. The third-order valence-electron chi connectivity index (χ3n) is 2.06. The molecular weight excluding hydrogens is 217 g/mol. The fourth-order valence-electron chi connectivity index (χ4n) is 1.30. The number of rotatable bonds is 5. The van der Waals surface area contributed by atoms with Gasteiger partial charge in [0.05, 0.1) is 4.92 Å². The molecule has 0 spiro atoms. The third-order valence-corrected chi connectivity index (χ3v) is 2.06. The van der Waals surface area contributed by atoms with Crippen LogP contribution < -0.4 is 0 Å². The van der Waals surface area contributed by atoms with Crippen molar-refractivity contribution in [3.8, 4) is 0 Å². The van der Waals surface area contributed by atoms with Crippen LogP contribution >= 0.6 is 0 Å². The predicted molar refractivity (Wildman–Crippen MR) is 53.6 cm³/mol. The quantitative estimate of drug-likeness (QED) is 0.617. The summed E-state index contributed by atoms with van der Waals surface area (Å²) in [5.41, 5.74) is -0.00802. The van der Waals surface area contributed by atoms with Crippen molar-refractivity contribution < 1.29 is 19.2 Å². The van der Waals surface area contributed by atoms with Gasteiger partial charge in [-0.15, -0.1) is 0 Å². The summed E-state index contributed by atoms with van der Waals surface area (Å²) in [5, 5.41) is 18.7. The van der Waals surface area contributed by atoms with Crippen molar-refractivity contribution in [1.82, 2.24) is 0 Å². The minimum atomic E-state index is -0.914. The summed E-state index contributed by atoms with van der Waals surface area (Å²) in [7, 11) is 0. The highest BCUT2D eigenvalue weighted by Crippen LogP contribution is 2.18. The molecule has 0 bridgehead atoms. The molecule has 0 fully saturated rings. The summed E-state index contributed by atoms with van der Waals surface area (Å²) in [4.78, 5) is 19.8. The van der Waals surface area contributed by atoms with E-state index in [0.29, 0.717) is 18.4 Å². The predicted octanol–water partition coefficient (Wildman–Crippen LogP) is 2.14. The Morgan fingerprint density at radius 2 is 2.19 bits per heavy atom. The number of hydrogen-bond donors (Lipinski definition) is 1. The molecule has 0 saturated carbocycles. The van der Waals surface area contributed by atoms with Crippen molar-refractivity contribution >= 4 is 11.7 Å². The van der Waals surface area contributed by atoms with E-state index in [9.17, 15) is 19.3 Å². The van der Waals surface area contributed by atoms with E-state index in [4.69, 9.17) is 5.11 Å². The van der Waals surface area contributed by atoms with Crippen LogP contribution in [-0.4, -0.2) is 16.0 Å². The summed E-state index contributed by atoms with van der Waals surface area (Å²) < 4.78 is 13.1. The van der Waals surface area contributed by atoms with Crippen LogP contribution in [0.4, 0.5) is 10.1 Å². The Balaban J connectivity index is 2.66. The number of halogens is 1. The highest BCUT2D eigenvalue weighted by atomic mass is 19.1. The lowest BCUT2D eigenvalue weighted by molar-refractivity contribution is -0.387. The van der Waals surface area contributed by atoms with Crippen molar-refractivity contribution in [2.24, 2.45) is 0 Å². The summed E-state index contributed by atoms with van der Waals surface area (Å²) in [6, 6.07) is 3.59. The van der Waals surface area contributed by atoms with Gasteiger partial charge in [0.2, 0.25) is 5.82 Å². The van der Waals surface area contributed by atoms with Gasteiger partial charge in [-0.2, -0.15) is 4.39 Å². The van der Waals surface area contributed by atoms with Crippen LogP contribution in [0.2, 0.25) is 0 Å². The number of nitrogens with zero attached hydrogens (tertiary/aromatic N) is 1. The SMILES string of the molecule is O=C(O)CCCc1ccc([N+](=O)[O-])c(F)c1. The molecule has 0 radical (unpaired) electrons. The smallest absolute Gasteiger partial charge is 0.304 e. The number of carboxylic acids is 1. The van der Waals surface area contributed by atoms with Crippen LogP contribution in [0, 0.1) is 15.9 Å². The minimum Gasteiger partial charge on any atom is -0.481 e. The molecule has 0 amide bonds. The highest BCUT2D eigenvalue weighted by molar-refractivity contribution is 5.66. The Hall–Kier alpha value is -1.98. The number of nitro groups is 1. The lowest BCUT2D eigenvalue weighted by Crippen LogP contribution is -1.97. The monoisotopic (exact) mass is 227 g/mol. The standard InChI is InChI=1S/C10H10FNO4/c11-8-6-7(2-1-3-10(13)14)4-5-9(8)12(15)16/h4-6H,1-3H2,(H,13,14). The molecule has 1 aromatic rings. The van der Waals surface area contributed by atoms with Crippen LogP contribution in [0.15, 0.2) is 18.2 Å². The zero-order valence-corrected chi connectivity index (χ0v) is 8.35. The molecule has 0 aliphatic heterocycles. The summed E-state index contributed by atoms with van der Waals surface area (Å²) >= 11 is 0. The van der Waals surface area contributed by atoms with E-state index >= 15 is 0 Å². The molecule has 0 unspecified atom stereocenters. The van der Waals surface area contributed by atoms with Crippen LogP contribution in [-0.2, 0) is 11.2 Å². The maximum Gasteiger partial charge on any atom is 0.304 e. The second-order valence-corrected chi connectivity index (χ2v) is 3.29. The van der Waals surface area contributed by atoms with Crippen molar-refractivity contribution in [1.29, 1.82) is 0 Å². The molecule has 86 valence electrons. The Bertz CT molecular complexity index is 419. The number of nitro benzene ring substituents is 1. The van der Waals surface area contributed by atoms with E-state index in [1.165, 1.54) is 6.07 Å². The second-order valence-electron chi connectivity index (χ2n) is 3.29. The molecule has 5 nitrogen and oxygen atoms in total. The fraction of sp³-hybridized carbons (Fsp3) is 0.300. The van der Waals surface area contributed by atoms with Gasteiger partial charge < -0.3 is 5.11 Å². The largest absolute Gasteiger partial charge is 0.481 e. The van der Waals surface area contributed by atoms with Gasteiger partial charge in [0.25, 0.3) is 0 Å². The van der Waals surface area contributed by atoms with Crippen LogP contribution in [0.3, 0.4) is 0 Å². The Labute approximate surface area is 90.7 Å². The maximum absolute atomic E-state index is 13.1. The van der Waals surface area contributed by atoms with Gasteiger partial charge in [-0.3, -0.25) is 14.9 Å². The van der Waals surface area contributed by atoms with Gasteiger partial charge >= 0.3 is 11.7 Å². The van der Waals surface area contributed by atoms with Crippen molar-refractivity contribution in [3.63, 3.8) is 0 Å². The lowest BCUT2D eigenvalue weighted by atomic mass is 10.1. The van der Waals surface area contributed by atoms with Crippen LogP contribution in [0.5, 0.6) is 0 Å². The number of carbonyl (C=O) groups is 1. The molecule has 6 heteroatoms. The van der Waals surface area contributed by atoms with E-state index in [2.05, 4.69) is 0 Å². The molecule has 0 aromatic heterocycles. The van der Waals surface area contributed by atoms with E-state index in [1.54, 1.807) is 0 Å². The lowest BCUT2D eigenvalue weighted by Gasteiger charge is -2.00. The number of aliphatic carboxylic acids is 1. The highest BCUT2D eigenvalue weighted by Gasteiger charge is 2.13. The Morgan fingerprint density at radius 3 is 2.69 bits per heavy atom. The minimum absolute atomic E-state index is 0.00138. The normalized spacial score (nSPS) is 10.1. The second kappa shape index (κ2) is 5.20. The van der Waals surface area contributed by atoms with Crippen molar-refractivity contribution in [2.75, 3.05) is 0 Å². The third kappa shape index (κ3) is 3.30. The van der Waals surface area contributed by atoms with E-state index in [-0.39, 0.29) is 6.42 Å². The first-order valence-corrected chi connectivity index (χ1v) is 4.65. The summed E-state index contributed by atoms with van der Waals surface area (Å²) in [6.07, 6.45) is 0.770. The molecule has 0 atom stereocenters. The molecule has 1 rings (SSSR count). The van der Waals surface area contributed by atoms with Crippen molar-refractivity contribution in [3.05, 3.63) is 39.7 Å². The molecule has 16 heavy (non-hydrogen) atoms. The van der Waals surface area contributed by atoms with Gasteiger partial charge in [0.15, 0.2) is 0 Å². The van der Waals surface area contributed by atoms with Crippen LogP contribution in [0.1, 0.15) is 18.4 Å². The van der Waals surface area contributed by atoms with Gasteiger partial charge in [-0.05, 0) is 24.5 Å². The molecular formula is C10H10FNO4. The zero-order chi connectivity index (χ0) is 12.1. The van der Waals surface area contributed by atoms with E-state index in [0.717, 1.165) is 12.1 Å². The number of hydrogen-bond acceptors (Lipinski definition) is 3. The Kier molecular flexibility index (Phi) is 3.93. The first-order valence-electron chi connectivity index (χ1n) is 4.65. The number of aryl methyl sites for hydroxylation is 1. The fourth-order valence-corrected chi connectivity index (χ4v) is 1.30. The molecule has 1 aromatic carbocycles. The van der Waals surface area contributed by atoms with Crippen LogP contribution in [0.25, 0.3) is 0 Å². The average Bonchev–Trinajstić information content (AvgIpc) is 2.16. The van der Waals surface area contributed by atoms with Gasteiger partial charge in [0.1, 0.15) is 0 Å². The van der Waals surface area contributed by atoms with Crippen molar-refractivity contribution in [2.45, 2.75) is 19.3 Å². The maximum atomic E-state index is 13.1. The molecule has 0 heterocycles. The number of benzene rings is 1. The van der Waals surface area contributed by atoms with Gasteiger partial charge in [-0.25, -0.2) is 0 Å². The first-order chi connectivity index (χ1) is 7.50. The van der Waals surface area contributed by atoms with Gasteiger partial charge in [0, 0.05) is 12.5 Å². The molecule has 1 N–H and O–H groups in total. The van der Waals surface area contributed by atoms with Gasteiger partial charge in [-0.1, -0.05) is 6.07 Å².